The van der Waals surface area contributed by atoms with Gasteiger partial charge in [0.2, 0.25) is 5.82 Å². The molecular formula is C23H20N4OS. The van der Waals surface area contributed by atoms with E-state index in [0.717, 1.165) is 17.7 Å². The Morgan fingerprint density at radius 1 is 1.03 bits per heavy atom. The molecule has 0 aliphatic carbocycles. The van der Waals surface area contributed by atoms with Crippen molar-refractivity contribution >= 4 is 17.2 Å². The van der Waals surface area contributed by atoms with Gasteiger partial charge in [0, 0.05) is 17.0 Å². The Balaban J connectivity index is 1.56. The Bertz CT molecular complexity index is 1090. The molecule has 0 radical (unpaired) electrons. The number of para-hydroxylation sites is 1. The molecule has 4 aromatic rings. The van der Waals surface area contributed by atoms with Crippen LogP contribution >= 0.6 is 11.3 Å². The number of hydrogen-bond acceptors (Lipinski definition) is 4. The fourth-order valence-electron chi connectivity index (χ4n) is 3.84. The van der Waals surface area contributed by atoms with Gasteiger partial charge in [-0.05, 0) is 42.5 Å². The predicted molar refractivity (Wildman–Crippen MR) is 114 cm³/mol. The first-order valence-electron chi connectivity index (χ1n) is 9.67. The highest BCUT2D eigenvalue weighted by atomic mass is 32.1. The average molecular weight is 401 g/mol. The third-order valence-corrected chi connectivity index (χ3v) is 6.37. The first kappa shape index (κ1) is 17.8. The molecule has 0 fully saturated rings. The quantitative estimate of drug-likeness (QED) is 0.498. The molecule has 144 valence electrons. The lowest BCUT2D eigenvalue weighted by Gasteiger charge is -2.32. The van der Waals surface area contributed by atoms with E-state index in [1.165, 1.54) is 10.4 Å². The number of carbonyl (C=O) groups is 1. The van der Waals surface area contributed by atoms with Crippen LogP contribution in [-0.4, -0.2) is 32.1 Å². The second kappa shape index (κ2) is 7.29. The maximum atomic E-state index is 13.4. The van der Waals surface area contributed by atoms with Crippen molar-refractivity contribution < 1.29 is 4.79 Å². The van der Waals surface area contributed by atoms with Crippen LogP contribution in [0.25, 0.3) is 17.1 Å². The van der Waals surface area contributed by atoms with Crippen LogP contribution in [0.5, 0.6) is 0 Å². The van der Waals surface area contributed by atoms with Crippen molar-refractivity contribution in [2.45, 2.75) is 19.4 Å². The molecule has 1 amide bonds. The van der Waals surface area contributed by atoms with Gasteiger partial charge in [-0.3, -0.25) is 4.79 Å². The van der Waals surface area contributed by atoms with Crippen LogP contribution in [0.3, 0.4) is 0 Å². The molecule has 0 N–H and O–H groups in total. The van der Waals surface area contributed by atoms with Crippen molar-refractivity contribution in [2.75, 3.05) is 6.54 Å². The molecule has 0 bridgehead atoms. The summed E-state index contributed by atoms with van der Waals surface area (Å²) in [6.07, 6.45) is 0.883. The molecule has 0 saturated heterocycles. The highest BCUT2D eigenvalue weighted by Gasteiger charge is 2.31. The summed E-state index contributed by atoms with van der Waals surface area (Å²) in [5.41, 5.74) is 3.04. The summed E-state index contributed by atoms with van der Waals surface area (Å²) in [6, 6.07) is 21.8. The summed E-state index contributed by atoms with van der Waals surface area (Å²) in [6.45, 7) is 2.77. The second-order valence-electron chi connectivity index (χ2n) is 7.10. The molecule has 0 unspecified atom stereocenters. The van der Waals surface area contributed by atoms with Gasteiger partial charge in [-0.1, -0.05) is 48.5 Å². The molecule has 29 heavy (non-hydrogen) atoms. The number of thiophene rings is 1. The van der Waals surface area contributed by atoms with Gasteiger partial charge in [-0.25, -0.2) is 9.67 Å². The van der Waals surface area contributed by atoms with Crippen molar-refractivity contribution in [3.8, 4) is 17.1 Å². The first-order chi connectivity index (χ1) is 14.2. The summed E-state index contributed by atoms with van der Waals surface area (Å²) in [4.78, 5) is 21.3. The standard InChI is InChI=1S/C23H20N4OS/c1-16-19-13-15-29-20(19)12-14-26(16)23(28)21-24-22(17-8-4-2-5-9-17)27(25-21)18-10-6-3-7-11-18/h2-11,13,15-16H,12,14H2,1H3/t16-/m0/s1. The van der Waals surface area contributed by atoms with E-state index in [1.54, 1.807) is 16.0 Å². The minimum atomic E-state index is -0.124. The van der Waals surface area contributed by atoms with Crippen LogP contribution in [0.1, 0.15) is 34.0 Å². The molecule has 0 saturated carbocycles. The SMILES string of the molecule is C[C@H]1c2ccsc2CCN1C(=O)c1nc(-c2ccccc2)n(-c2ccccc2)n1. The number of fused-ring (bicyclic) bond motifs is 1. The molecule has 1 aliphatic heterocycles. The van der Waals surface area contributed by atoms with E-state index in [0.29, 0.717) is 12.4 Å². The number of benzene rings is 2. The van der Waals surface area contributed by atoms with Crippen molar-refractivity contribution in [1.29, 1.82) is 0 Å². The third-order valence-electron chi connectivity index (χ3n) is 5.37. The average Bonchev–Trinajstić information content (AvgIpc) is 3.43. The Labute approximate surface area is 173 Å². The number of rotatable bonds is 3. The smallest absolute Gasteiger partial charge is 0.294 e. The van der Waals surface area contributed by atoms with Gasteiger partial charge in [0.05, 0.1) is 11.7 Å². The molecular weight excluding hydrogens is 380 g/mol. The zero-order valence-electron chi connectivity index (χ0n) is 16.0. The summed E-state index contributed by atoms with van der Waals surface area (Å²) >= 11 is 1.77. The van der Waals surface area contributed by atoms with Crippen LogP contribution in [0.2, 0.25) is 0 Å². The summed E-state index contributed by atoms with van der Waals surface area (Å²) < 4.78 is 1.76. The van der Waals surface area contributed by atoms with Crippen molar-refractivity contribution in [1.82, 2.24) is 19.7 Å². The Hall–Kier alpha value is -3.25. The lowest BCUT2D eigenvalue weighted by molar-refractivity contribution is 0.0667. The Morgan fingerprint density at radius 2 is 1.76 bits per heavy atom. The molecule has 5 nitrogen and oxygen atoms in total. The van der Waals surface area contributed by atoms with Gasteiger partial charge >= 0.3 is 0 Å². The summed E-state index contributed by atoms with van der Waals surface area (Å²) in [5.74, 6) is 0.778. The molecule has 6 heteroatoms. The van der Waals surface area contributed by atoms with E-state index in [-0.39, 0.29) is 17.8 Å². The van der Waals surface area contributed by atoms with Gasteiger partial charge in [0.25, 0.3) is 5.91 Å². The van der Waals surface area contributed by atoms with E-state index in [1.807, 2.05) is 65.6 Å². The van der Waals surface area contributed by atoms with Gasteiger partial charge < -0.3 is 4.90 Å². The number of aromatic nitrogens is 3. The Kier molecular flexibility index (Phi) is 4.48. The maximum Gasteiger partial charge on any atom is 0.294 e. The van der Waals surface area contributed by atoms with Gasteiger partial charge in [0.15, 0.2) is 5.82 Å². The molecule has 0 spiro atoms. The van der Waals surface area contributed by atoms with Crippen LogP contribution in [0.15, 0.2) is 72.1 Å². The lowest BCUT2D eigenvalue weighted by Crippen LogP contribution is -2.38. The third kappa shape index (κ3) is 3.15. The number of nitrogens with zero attached hydrogens (tertiary/aromatic N) is 4. The van der Waals surface area contributed by atoms with E-state index in [2.05, 4.69) is 28.5 Å². The second-order valence-corrected chi connectivity index (χ2v) is 8.10. The van der Waals surface area contributed by atoms with E-state index >= 15 is 0 Å². The van der Waals surface area contributed by atoms with Gasteiger partial charge in [-0.15, -0.1) is 16.4 Å². The van der Waals surface area contributed by atoms with Crippen molar-refractivity contribution in [3.63, 3.8) is 0 Å². The summed E-state index contributed by atoms with van der Waals surface area (Å²) in [5, 5.41) is 6.73. The van der Waals surface area contributed by atoms with Crippen LogP contribution in [0, 0.1) is 0 Å². The molecule has 5 rings (SSSR count). The van der Waals surface area contributed by atoms with Gasteiger partial charge in [-0.2, -0.15) is 0 Å². The zero-order valence-corrected chi connectivity index (χ0v) is 16.8. The van der Waals surface area contributed by atoms with Crippen LogP contribution in [-0.2, 0) is 6.42 Å². The monoisotopic (exact) mass is 400 g/mol. The fourth-order valence-corrected chi connectivity index (χ4v) is 4.80. The van der Waals surface area contributed by atoms with Crippen LogP contribution in [0.4, 0.5) is 0 Å². The van der Waals surface area contributed by atoms with E-state index in [4.69, 9.17) is 0 Å². The number of carbonyl (C=O) groups excluding carboxylic acids is 1. The molecule has 3 heterocycles. The van der Waals surface area contributed by atoms with Gasteiger partial charge in [0.1, 0.15) is 0 Å². The fraction of sp³-hybridized carbons (Fsp3) is 0.174. The van der Waals surface area contributed by atoms with E-state index < -0.39 is 0 Å². The van der Waals surface area contributed by atoms with Crippen molar-refractivity contribution in [3.05, 3.63) is 88.4 Å². The molecule has 1 atom stereocenters. The maximum absolute atomic E-state index is 13.4. The molecule has 2 aromatic heterocycles. The lowest BCUT2D eigenvalue weighted by atomic mass is 10.0. The highest BCUT2D eigenvalue weighted by Crippen LogP contribution is 2.33. The molecule has 2 aromatic carbocycles. The largest absolute Gasteiger partial charge is 0.329 e. The first-order valence-corrected chi connectivity index (χ1v) is 10.6. The van der Waals surface area contributed by atoms with E-state index in [9.17, 15) is 4.79 Å². The normalized spacial score (nSPS) is 15.9. The number of amides is 1. The minimum Gasteiger partial charge on any atom is -0.329 e. The minimum absolute atomic E-state index is 0.0290. The molecule has 1 aliphatic rings. The Morgan fingerprint density at radius 3 is 2.52 bits per heavy atom. The van der Waals surface area contributed by atoms with Crippen molar-refractivity contribution in [2.24, 2.45) is 0 Å². The predicted octanol–water partition coefficient (Wildman–Crippen LogP) is 4.76. The zero-order chi connectivity index (χ0) is 19.8. The highest BCUT2D eigenvalue weighted by molar-refractivity contribution is 7.10. The van der Waals surface area contributed by atoms with Crippen LogP contribution < -0.4 is 0 Å². The topological polar surface area (TPSA) is 51.0 Å². The summed E-state index contributed by atoms with van der Waals surface area (Å²) in [7, 11) is 0. The number of hydrogen-bond donors (Lipinski definition) is 0.